The van der Waals surface area contributed by atoms with Crippen LogP contribution in [0, 0.1) is 0 Å². The lowest BCUT2D eigenvalue weighted by atomic mass is 10.1. The highest BCUT2D eigenvalue weighted by molar-refractivity contribution is 6.21. The molecular weight excluding hydrogens is 234 g/mol. The molecule has 0 saturated heterocycles. The van der Waals surface area contributed by atoms with Crippen LogP contribution < -0.4 is 9.47 Å². The van der Waals surface area contributed by atoms with Crippen molar-refractivity contribution in [3.8, 4) is 11.5 Å². The van der Waals surface area contributed by atoms with Crippen LogP contribution in [0.3, 0.4) is 0 Å². The van der Waals surface area contributed by atoms with E-state index in [0.29, 0.717) is 35.8 Å². The summed E-state index contributed by atoms with van der Waals surface area (Å²) >= 11 is 0. The summed E-state index contributed by atoms with van der Waals surface area (Å²) in [5.41, 5.74) is 0.758. The highest BCUT2D eigenvalue weighted by Gasteiger charge is 2.35. The standard InChI is InChI=1S/C13H15NO4/c1-4-14-12(15)8-6-10(17-3)11(18-5-2)7-9(8)13(14)16/h6-7H,4-5H2,1-3H3. The van der Waals surface area contributed by atoms with Gasteiger partial charge in [0.2, 0.25) is 0 Å². The number of nitrogens with zero attached hydrogens (tertiary/aromatic N) is 1. The van der Waals surface area contributed by atoms with E-state index < -0.39 is 0 Å². The zero-order valence-corrected chi connectivity index (χ0v) is 10.6. The van der Waals surface area contributed by atoms with Gasteiger partial charge in [-0.3, -0.25) is 14.5 Å². The van der Waals surface area contributed by atoms with Gasteiger partial charge in [-0.2, -0.15) is 0 Å². The van der Waals surface area contributed by atoms with Gasteiger partial charge in [-0.15, -0.1) is 0 Å². The fourth-order valence-electron chi connectivity index (χ4n) is 2.01. The summed E-state index contributed by atoms with van der Waals surface area (Å²) in [6.07, 6.45) is 0. The van der Waals surface area contributed by atoms with Crippen LogP contribution in [0.4, 0.5) is 0 Å². The van der Waals surface area contributed by atoms with Gasteiger partial charge in [0.05, 0.1) is 24.8 Å². The fourth-order valence-corrected chi connectivity index (χ4v) is 2.01. The first-order chi connectivity index (χ1) is 8.63. The average Bonchev–Trinajstić information content (AvgIpc) is 2.61. The van der Waals surface area contributed by atoms with Gasteiger partial charge in [-0.1, -0.05) is 0 Å². The summed E-state index contributed by atoms with van der Waals surface area (Å²) in [5, 5.41) is 0. The van der Waals surface area contributed by atoms with Crippen LogP contribution in [0.1, 0.15) is 34.6 Å². The number of hydrogen-bond acceptors (Lipinski definition) is 4. The smallest absolute Gasteiger partial charge is 0.261 e. The van der Waals surface area contributed by atoms with E-state index in [0.717, 1.165) is 0 Å². The van der Waals surface area contributed by atoms with Crippen LogP contribution in [-0.2, 0) is 0 Å². The first-order valence-electron chi connectivity index (χ1n) is 5.85. The Morgan fingerprint density at radius 2 is 1.61 bits per heavy atom. The molecule has 5 heteroatoms. The number of methoxy groups -OCH3 is 1. The maximum Gasteiger partial charge on any atom is 0.261 e. The molecule has 0 unspecified atom stereocenters. The molecule has 2 rings (SSSR count). The Morgan fingerprint density at radius 3 is 2.06 bits per heavy atom. The van der Waals surface area contributed by atoms with E-state index in [1.54, 1.807) is 19.1 Å². The van der Waals surface area contributed by atoms with Crippen molar-refractivity contribution < 1.29 is 19.1 Å². The number of amides is 2. The van der Waals surface area contributed by atoms with E-state index in [1.807, 2.05) is 6.92 Å². The fraction of sp³-hybridized carbons (Fsp3) is 0.385. The maximum absolute atomic E-state index is 12.0. The van der Waals surface area contributed by atoms with Crippen molar-refractivity contribution in [1.29, 1.82) is 0 Å². The summed E-state index contributed by atoms with van der Waals surface area (Å²) in [7, 11) is 1.50. The highest BCUT2D eigenvalue weighted by Crippen LogP contribution is 2.34. The molecule has 96 valence electrons. The Bertz CT molecular complexity index is 510. The van der Waals surface area contributed by atoms with Crippen molar-refractivity contribution in [3.05, 3.63) is 23.3 Å². The molecule has 18 heavy (non-hydrogen) atoms. The molecule has 0 aliphatic carbocycles. The molecule has 0 saturated carbocycles. The number of fused-ring (bicyclic) bond motifs is 1. The molecule has 0 fully saturated rings. The molecule has 1 heterocycles. The molecule has 2 amide bonds. The largest absolute Gasteiger partial charge is 0.493 e. The van der Waals surface area contributed by atoms with E-state index in [1.165, 1.54) is 12.0 Å². The lowest BCUT2D eigenvalue weighted by Gasteiger charge is -2.09. The monoisotopic (exact) mass is 249 g/mol. The second-order valence-electron chi connectivity index (χ2n) is 3.84. The molecule has 0 N–H and O–H groups in total. The van der Waals surface area contributed by atoms with Gasteiger partial charge in [0.15, 0.2) is 11.5 Å². The van der Waals surface area contributed by atoms with Crippen molar-refractivity contribution in [2.24, 2.45) is 0 Å². The van der Waals surface area contributed by atoms with Gasteiger partial charge in [-0.25, -0.2) is 0 Å². The molecule has 0 radical (unpaired) electrons. The quantitative estimate of drug-likeness (QED) is 0.762. The first-order valence-corrected chi connectivity index (χ1v) is 5.85. The predicted molar refractivity (Wildman–Crippen MR) is 65.2 cm³/mol. The second kappa shape index (κ2) is 4.68. The summed E-state index contributed by atoms with van der Waals surface area (Å²) in [6, 6.07) is 3.14. The molecule has 0 bridgehead atoms. The number of rotatable bonds is 4. The van der Waals surface area contributed by atoms with E-state index in [-0.39, 0.29) is 11.8 Å². The Balaban J connectivity index is 2.54. The summed E-state index contributed by atoms with van der Waals surface area (Å²) in [5.74, 6) is 0.396. The number of imide groups is 1. The van der Waals surface area contributed by atoms with Crippen LogP contribution in [0.2, 0.25) is 0 Å². The van der Waals surface area contributed by atoms with Gasteiger partial charge >= 0.3 is 0 Å². The van der Waals surface area contributed by atoms with Crippen LogP contribution in [0.15, 0.2) is 12.1 Å². The number of carbonyl (C=O) groups excluding carboxylic acids is 2. The van der Waals surface area contributed by atoms with Crippen molar-refractivity contribution in [1.82, 2.24) is 4.90 Å². The Hall–Kier alpha value is -2.04. The van der Waals surface area contributed by atoms with Crippen LogP contribution in [0.25, 0.3) is 0 Å². The minimum absolute atomic E-state index is 0.277. The Morgan fingerprint density at radius 1 is 1.06 bits per heavy atom. The zero-order chi connectivity index (χ0) is 13.3. The van der Waals surface area contributed by atoms with Crippen LogP contribution in [0.5, 0.6) is 11.5 Å². The molecule has 1 aromatic carbocycles. The van der Waals surface area contributed by atoms with Crippen LogP contribution >= 0.6 is 0 Å². The Labute approximate surface area is 105 Å². The van der Waals surface area contributed by atoms with Crippen LogP contribution in [-0.4, -0.2) is 37.0 Å². The second-order valence-corrected chi connectivity index (χ2v) is 3.84. The van der Waals surface area contributed by atoms with E-state index in [2.05, 4.69) is 0 Å². The predicted octanol–water partition coefficient (Wildman–Crippen LogP) is 1.71. The molecule has 1 aromatic rings. The minimum atomic E-state index is -0.279. The van der Waals surface area contributed by atoms with Gasteiger partial charge < -0.3 is 9.47 Å². The normalized spacial score (nSPS) is 13.8. The SMILES string of the molecule is CCOc1cc2c(cc1OC)C(=O)N(CC)C2=O. The average molecular weight is 249 g/mol. The zero-order valence-electron chi connectivity index (χ0n) is 10.6. The molecular formula is C13H15NO4. The van der Waals surface area contributed by atoms with Crippen molar-refractivity contribution in [2.75, 3.05) is 20.3 Å². The third kappa shape index (κ3) is 1.72. The number of carbonyl (C=O) groups is 2. The van der Waals surface area contributed by atoms with Gasteiger partial charge in [0.25, 0.3) is 11.8 Å². The number of ether oxygens (including phenoxy) is 2. The molecule has 5 nitrogen and oxygen atoms in total. The highest BCUT2D eigenvalue weighted by atomic mass is 16.5. The third-order valence-electron chi connectivity index (χ3n) is 2.87. The topological polar surface area (TPSA) is 55.8 Å². The summed E-state index contributed by atoms with van der Waals surface area (Å²) < 4.78 is 10.6. The van der Waals surface area contributed by atoms with Gasteiger partial charge in [0.1, 0.15) is 0 Å². The number of benzene rings is 1. The molecule has 0 spiro atoms. The minimum Gasteiger partial charge on any atom is -0.493 e. The van der Waals surface area contributed by atoms with Crippen molar-refractivity contribution >= 4 is 11.8 Å². The summed E-state index contributed by atoms with van der Waals surface area (Å²) in [4.78, 5) is 25.2. The molecule has 0 atom stereocenters. The first kappa shape index (κ1) is 12.4. The molecule has 1 aliphatic rings. The lowest BCUT2D eigenvalue weighted by Crippen LogP contribution is -2.29. The lowest BCUT2D eigenvalue weighted by molar-refractivity contribution is 0.0662. The van der Waals surface area contributed by atoms with E-state index in [4.69, 9.17) is 9.47 Å². The molecule has 0 aromatic heterocycles. The van der Waals surface area contributed by atoms with Gasteiger partial charge in [0, 0.05) is 6.54 Å². The van der Waals surface area contributed by atoms with Crippen molar-refractivity contribution in [3.63, 3.8) is 0 Å². The maximum atomic E-state index is 12.0. The van der Waals surface area contributed by atoms with Gasteiger partial charge in [-0.05, 0) is 26.0 Å². The Kier molecular flexibility index (Phi) is 3.23. The number of hydrogen-bond donors (Lipinski definition) is 0. The van der Waals surface area contributed by atoms with E-state index >= 15 is 0 Å². The van der Waals surface area contributed by atoms with E-state index in [9.17, 15) is 9.59 Å². The molecule has 1 aliphatic heterocycles. The summed E-state index contributed by atoms with van der Waals surface area (Å²) in [6.45, 7) is 4.44. The third-order valence-corrected chi connectivity index (χ3v) is 2.87. The van der Waals surface area contributed by atoms with Crippen molar-refractivity contribution in [2.45, 2.75) is 13.8 Å².